The summed E-state index contributed by atoms with van der Waals surface area (Å²) in [4.78, 5) is 39.8. The first-order valence-electron chi connectivity index (χ1n) is 10.4. The SMILES string of the molecule is CN(C(=O)C(CS)NC(=O)OC(C)(C)C)C(C(=O)NCc1ccccc1)c1ccccc1. The highest BCUT2D eigenvalue weighted by Gasteiger charge is 2.33. The van der Waals surface area contributed by atoms with Gasteiger partial charge in [0.15, 0.2) is 0 Å². The van der Waals surface area contributed by atoms with Crippen LogP contribution in [0.3, 0.4) is 0 Å². The zero-order valence-corrected chi connectivity index (χ0v) is 19.8. The molecule has 7 nitrogen and oxygen atoms in total. The van der Waals surface area contributed by atoms with E-state index in [1.807, 2.05) is 36.4 Å². The lowest BCUT2D eigenvalue weighted by Crippen LogP contribution is -2.52. The second-order valence-corrected chi connectivity index (χ2v) is 8.71. The Hall–Kier alpha value is -3.00. The van der Waals surface area contributed by atoms with Crippen LogP contribution in [0.1, 0.15) is 37.9 Å². The smallest absolute Gasteiger partial charge is 0.408 e. The summed E-state index contributed by atoms with van der Waals surface area (Å²) >= 11 is 4.21. The number of alkyl carbamates (subject to hydrolysis) is 1. The number of hydrogen-bond donors (Lipinski definition) is 3. The summed E-state index contributed by atoms with van der Waals surface area (Å²) in [5.41, 5.74) is 0.898. The molecule has 0 aromatic heterocycles. The molecule has 0 fully saturated rings. The van der Waals surface area contributed by atoms with Crippen molar-refractivity contribution in [3.05, 3.63) is 71.8 Å². The average molecular weight is 458 g/mol. The largest absolute Gasteiger partial charge is 0.444 e. The van der Waals surface area contributed by atoms with Crippen LogP contribution in [0.4, 0.5) is 4.79 Å². The summed E-state index contributed by atoms with van der Waals surface area (Å²) in [6.45, 7) is 5.54. The molecule has 0 saturated carbocycles. The highest BCUT2D eigenvalue weighted by molar-refractivity contribution is 7.80. The molecule has 0 bridgehead atoms. The average Bonchev–Trinajstić information content (AvgIpc) is 2.76. The van der Waals surface area contributed by atoms with E-state index in [0.717, 1.165) is 5.56 Å². The second kappa shape index (κ2) is 11.6. The number of nitrogens with zero attached hydrogens (tertiary/aromatic N) is 1. The third-order valence-corrected chi connectivity index (χ3v) is 4.94. The predicted molar refractivity (Wildman–Crippen MR) is 127 cm³/mol. The fraction of sp³-hybridized carbons (Fsp3) is 0.375. The van der Waals surface area contributed by atoms with Crippen LogP contribution in [-0.2, 0) is 20.9 Å². The molecule has 0 aliphatic rings. The monoisotopic (exact) mass is 457 g/mol. The van der Waals surface area contributed by atoms with Crippen LogP contribution >= 0.6 is 12.6 Å². The number of ether oxygens (including phenoxy) is 1. The summed E-state index contributed by atoms with van der Waals surface area (Å²) in [5.74, 6) is -0.726. The zero-order chi connectivity index (χ0) is 23.7. The van der Waals surface area contributed by atoms with Crippen molar-refractivity contribution in [3.8, 4) is 0 Å². The molecule has 172 valence electrons. The van der Waals surface area contributed by atoms with Crippen LogP contribution in [0.5, 0.6) is 0 Å². The third kappa shape index (κ3) is 7.60. The molecule has 0 aliphatic heterocycles. The number of amides is 3. The summed E-state index contributed by atoms with van der Waals surface area (Å²) in [6.07, 6.45) is -0.719. The lowest BCUT2D eigenvalue weighted by molar-refractivity contribution is -0.140. The minimum Gasteiger partial charge on any atom is -0.444 e. The third-order valence-electron chi connectivity index (χ3n) is 4.58. The first kappa shape index (κ1) is 25.3. The number of carbonyl (C=O) groups excluding carboxylic acids is 3. The van der Waals surface area contributed by atoms with E-state index in [1.54, 1.807) is 45.0 Å². The molecule has 8 heteroatoms. The van der Waals surface area contributed by atoms with E-state index in [1.165, 1.54) is 11.9 Å². The molecule has 2 rings (SSSR count). The first-order chi connectivity index (χ1) is 15.1. The molecule has 2 atom stereocenters. The van der Waals surface area contributed by atoms with Crippen molar-refractivity contribution in [1.29, 1.82) is 0 Å². The Kier molecular flexibility index (Phi) is 9.13. The second-order valence-electron chi connectivity index (χ2n) is 8.35. The Morgan fingerprint density at radius 3 is 2.09 bits per heavy atom. The van der Waals surface area contributed by atoms with Crippen LogP contribution in [0, 0.1) is 0 Å². The first-order valence-corrected chi connectivity index (χ1v) is 11.0. The topological polar surface area (TPSA) is 87.7 Å². The van der Waals surface area contributed by atoms with E-state index >= 15 is 0 Å². The number of nitrogens with one attached hydrogen (secondary N) is 2. The Bertz CT molecular complexity index is 900. The molecular weight excluding hydrogens is 426 g/mol. The maximum Gasteiger partial charge on any atom is 0.408 e. The summed E-state index contributed by atoms with van der Waals surface area (Å²) in [6, 6.07) is 16.7. The maximum atomic E-state index is 13.2. The maximum absolute atomic E-state index is 13.2. The Morgan fingerprint density at radius 1 is 1.00 bits per heavy atom. The predicted octanol–water partition coefficient (Wildman–Crippen LogP) is 3.33. The van der Waals surface area contributed by atoms with Crippen molar-refractivity contribution in [2.24, 2.45) is 0 Å². The van der Waals surface area contributed by atoms with E-state index in [4.69, 9.17) is 4.74 Å². The Balaban J connectivity index is 2.19. The highest BCUT2D eigenvalue weighted by atomic mass is 32.1. The lowest BCUT2D eigenvalue weighted by atomic mass is 10.0. The Labute approximate surface area is 194 Å². The molecule has 0 heterocycles. The van der Waals surface area contributed by atoms with Crippen LogP contribution in [0.15, 0.2) is 60.7 Å². The zero-order valence-electron chi connectivity index (χ0n) is 18.9. The van der Waals surface area contributed by atoms with Crippen LogP contribution < -0.4 is 10.6 Å². The molecule has 0 radical (unpaired) electrons. The number of rotatable bonds is 8. The molecule has 0 aliphatic carbocycles. The van der Waals surface area contributed by atoms with Crippen LogP contribution in [0.25, 0.3) is 0 Å². The lowest BCUT2D eigenvalue weighted by Gasteiger charge is -2.31. The van der Waals surface area contributed by atoms with Gasteiger partial charge in [-0.2, -0.15) is 12.6 Å². The minimum atomic E-state index is -0.952. The Morgan fingerprint density at radius 2 is 1.56 bits per heavy atom. The molecule has 32 heavy (non-hydrogen) atoms. The van der Waals surface area contributed by atoms with Crippen LogP contribution in [-0.4, -0.2) is 47.3 Å². The van der Waals surface area contributed by atoms with Gasteiger partial charge in [-0.1, -0.05) is 60.7 Å². The molecule has 0 saturated heterocycles. The van der Waals surface area contributed by atoms with Crippen molar-refractivity contribution in [3.63, 3.8) is 0 Å². The number of thiol groups is 1. The standard InChI is InChI=1S/C24H31N3O4S/c1-24(2,3)31-23(30)26-19(16-32)22(29)27(4)20(18-13-9-6-10-14-18)21(28)25-15-17-11-7-5-8-12-17/h5-14,19-20,32H,15-16H2,1-4H3,(H,25,28)(H,26,30). The van der Waals surface area contributed by atoms with E-state index in [-0.39, 0.29) is 11.7 Å². The van der Waals surface area contributed by atoms with Crippen molar-refractivity contribution in [1.82, 2.24) is 15.5 Å². The van der Waals surface area contributed by atoms with Gasteiger partial charge in [-0.15, -0.1) is 0 Å². The van der Waals surface area contributed by atoms with Gasteiger partial charge in [0.1, 0.15) is 17.7 Å². The number of carbonyl (C=O) groups is 3. The van der Waals surface area contributed by atoms with Gasteiger partial charge in [0.25, 0.3) is 0 Å². The molecule has 2 unspecified atom stereocenters. The fourth-order valence-electron chi connectivity index (χ4n) is 3.08. The van der Waals surface area contributed by atoms with Crippen molar-refractivity contribution in [2.75, 3.05) is 12.8 Å². The minimum absolute atomic E-state index is 0.0512. The summed E-state index contributed by atoms with van der Waals surface area (Å²) in [5, 5.41) is 5.44. The van der Waals surface area contributed by atoms with E-state index < -0.39 is 29.7 Å². The molecule has 2 aromatic rings. The van der Waals surface area contributed by atoms with E-state index in [9.17, 15) is 14.4 Å². The van der Waals surface area contributed by atoms with Gasteiger partial charge in [0, 0.05) is 19.3 Å². The molecule has 0 spiro atoms. The van der Waals surface area contributed by atoms with Gasteiger partial charge in [-0.05, 0) is 31.9 Å². The normalized spacial score (nSPS) is 12.9. The number of benzene rings is 2. The van der Waals surface area contributed by atoms with Gasteiger partial charge >= 0.3 is 6.09 Å². The molecule has 2 N–H and O–H groups in total. The van der Waals surface area contributed by atoms with Crippen molar-refractivity contribution in [2.45, 2.75) is 45.0 Å². The number of hydrogen-bond acceptors (Lipinski definition) is 5. The van der Waals surface area contributed by atoms with Crippen molar-refractivity contribution < 1.29 is 19.1 Å². The fourth-order valence-corrected chi connectivity index (χ4v) is 3.32. The van der Waals surface area contributed by atoms with Gasteiger partial charge in [-0.3, -0.25) is 9.59 Å². The molecule has 2 aromatic carbocycles. The van der Waals surface area contributed by atoms with Gasteiger partial charge in [-0.25, -0.2) is 4.79 Å². The van der Waals surface area contributed by atoms with Crippen molar-refractivity contribution >= 4 is 30.5 Å². The van der Waals surface area contributed by atoms with Gasteiger partial charge in [0.05, 0.1) is 0 Å². The number of likely N-dealkylation sites (N-methyl/N-ethyl adjacent to an activating group) is 1. The van der Waals surface area contributed by atoms with E-state index in [2.05, 4.69) is 23.3 Å². The molecular formula is C24H31N3O4S. The van der Waals surface area contributed by atoms with E-state index in [0.29, 0.717) is 12.1 Å². The molecule has 3 amide bonds. The summed E-state index contributed by atoms with van der Waals surface area (Å²) < 4.78 is 5.25. The van der Waals surface area contributed by atoms with Crippen LogP contribution in [0.2, 0.25) is 0 Å². The quantitative estimate of drug-likeness (QED) is 0.531. The summed E-state index contributed by atoms with van der Waals surface area (Å²) in [7, 11) is 1.54. The van der Waals surface area contributed by atoms with Gasteiger partial charge < -0.3 is 20.3 Å². The highest BCUT2D eigenvalue weighted by Crippen LogP contribution is 2.21. The van der Waals surface area contributed by atoms with Gasteiger partial charge in [0.2, 0.25) is 11.8 Å².